The van der Waals surface area contributed by atoms with Crippen LogP contribution >= 0.6 is 0 Å². The summed E-state index contributed by atoms with van der Waals surface area (Å²) in [6.07, 6.45) is 10.3. The van der Waals surface area contributed by atoms with Gasteiger partial charge in [0.15, 0.2) is 0 Å². The molecule has 0 aromatic heterocycles. The van der Waals surface area contributed by atoms with E-state index >= 15 is 0 Å². The van der Waals surface area contributed by atoms with Crippen LogP contribution < -0.4 is 0 Å². The smallest absolute Gasteiger partial charge is 0.306 e. The van der Waals surface area contributed by atoms with Crippen LogP contribution in [0.15, 0.2) is 24.3 Å². The lowest BCUT2D eigenvalue weighted by Gasteiger charge is -2.46. The predicted octanol–water partition coefficient (Wildman–Crippen LogP) is 1.43. The van der Waals surface area contributed by atoms with Gasteiger partial charge in [-0.1, -0.05) is 18.2 Å². The Hall–Kier alpha value is -1.09. The van der Waals surface area contributed by atoms with Crippen LogP contribution in [0.25, 0.3) is 0 Å². The third-order valence-corrected chi connectivity index (χ3v) is 5.30. The van der Waals surface area contributed by atoms with Crippen LogP contribution in [0.1, 0.15) is 19.3 Å². The van der Waals surface area contributed by atoms with Crippen LogP contribution in [-0.4, -0.2) is 23.3 Å². The molecule has 2 bridgehead atoms. The molecule has 1 heterocycles. The van der Waals surface area contributed by atoms with Gasteiger partial charge in [-0.15, -0.1) is 0 Å². The number of ether oxygens (including phenoxy) is 1. The van der Waals surface area contributed by atoms with E-state index in [2.05, 4.69) is 18.2 Å². The molecule has 3 aliphatic carbocycles. The molecule has 0 radical (unpaired) electrons. The van der Waals surface area contributed by atoms with Crippen molar-refractivity contribution >= 4 is 5.97 Å². The van der Waals surface area contributed by atoms with E-state index < -0.39 is 0 Å². The molecule has 17 heavy (non-hydrogen) atoms. The maximum atomic E-state index is 11.4. The van der Waals surface area contributed by atoms with E-state index in [9.17, 15) is 9.90 Å². The molecule has 6 atom stereocenters. The largest absolute Gasteiger partial charge is 0.457 e. The van der Waals surface area contributed by atoms with Gasteiger partial charge in [-0.05, 0) is 30.8 Å². The molecular formula is C14H16O3. The second-order valence-electron chi connectivity index (χ2n) is 5.78. The maximum absolute atomic E-state index is 11.4. The summed E-state index contributed by atoms with van der Waals surface area (Å²) in [5, 5.41) is 10.6. The molecule has 2 fully saturated rings. The number of aliphatic hydroxyl groups is 1. The third-order valence-electron chi connectivity index (χ3n) is 5.30. The Morgan fingerprint density at radius 2 is 2.24 bits per heavy atom. The normalized spacial score (nSPS) is 54.4. The molecule has 0 aromatic carbocycles. The fourth-order valence-corrected chi connectivity index (χ4v) is 4.57. The number of allylic oxidation sites excluding steroid dienone is 2. The van der Waals surface area contributed by atoms with Crippen molar-refractivity contribution in [2.75, 3.05) is 0 Å². The van der Waals surface area contributed by atoms with Crippen LogP contribution in [-0.2, 0) is 9.53 Å². The first-order valence-electron chi connectivity index (χ1n) is 6.46. The molecule has 1 saturated heterocycles. The SMILES string of the molecule is O=C1CC[C@@]23[C@H](O)[C@@H](C=C[C@H]2O1)[C@H]1CC=C[C@H]13. The van der Waals surface area contributed by atoms with E-state index in [0.29, 0.717) is 18.3 Å². The summed E-state index contributed by atoms with van der Waals surface area (Å²) in [7, 11) is 0. The second kappa shape index (κ2) is 3.02. The number of rotatable bonds is 0. The number of hydrogen-bond acceptors (Lipinski definition) is 3. The number of carbonyl (C=O) groups excluding carboxylic acids is 1. The number of carbonyl (C=O) groups is 1. The summed E-state index contributed by atoms with van der Waals surface area (Å²) in [5.41, 5.74) is -0.231. The minimum atomic E-state index is -0.342. The Balaban J connectivity index is 1.85. The highest BCUT2D eigenvalue weighted by Gasteiger charge is 2.65. The Bertz CT molecular complexity index is 439. The fourth-order valence-electron chi connectivity index (χ4n) is 4.57. The molecule has 3 nitrogen and oxygen atoms in total. The van der Waals surface area contributed by atoms with Gasteiger partial charge in [0.05, 0.1) is 6.10 Å². The Morgan fingerprint density at radius 3 is 3.12 bits per heavy atom. The van der Waals surface area contributed by atoms with Crippen molar-refractivity contribution in [1.82, 2.24) is 0 Å². The molecule has 1 aliphatic heterocycles. The van der Waals surface area contributed by atoms with Gasteiger partial charge in [0.2, 0.25) is 0 Å². The molecule has 3 heteroatoms. The van der Waals surface area contributed by atoms with Crippen LogP contribution in [0.4, 0.5) is 0 Å². The Kier molecular flexibility index (Phi) is 1.76. The molecule has 1 saturated carbocycles. The lowest BCUT2D eigenvalue weighted by Crippen LogP contribution is -2.52. The standard InChI is InChI=1S/C14H16O3/c15-12-6-7-14-10-3-1-2-8(10)9(13(14)16)4-5-11(14)17-12/h1,3-5,8-11,13,16H,2,6-7H2/t8-,9+,10-,11-,13-,14+/m1/s1. The van der Waals surface area contributed by atoms with Crippen molar-refractivity contribution in [2.45, 2.75) is 31.5 Å². The Morgan fingerprint density at radius 1 is 1.35 bits per heavy atom. The van der Waals surface area contributed by atoms with Crippen molar-refractivity contribution in [3.63, 3.8) is 0 Å². The fraction of sp³-hybridized carbons (Fsp3) is 0.643. The number of aliphatic hydroxyl groups excluding tert-OH is 1. The highest BCUT2D eigenvalue weighted by Crippen LogP contribution is 2.63. The molecule has 1 spiro atoms. The molecular weight excluding hydrogens is 216 g/mol. The molecule has 0 amide bonds. The molecule has 0 unspecified atom stereocenters. The van der Waals surface area contributed by atoms with E-state index in [4.69, 9.17) is 4.74 Å². The minimum absolute atomic E-state index is 0.124. The highest BCUT2D eigenvalue weighted by atomic mass is 16.5. The summed E-state index contributed by atoms with van der Waals surface area (Å²) >= 11 is 0. The van der Waals surface area contributed by atoms with Gasteiger partial charge in [-0.25, -0.2) is 0 Å². The highest BCUT2D eigenvalue weighted by molar-refractivity contribution is 5.71. The van der Waals surface area contributed by atoms with Gasteiger partial charge in [0.25, 0.3) is 0 Å². The molecule has 4 aliphatic rings. The van der Waals surface area contributed by atoms with Crippen LogP contribution in [0.3, 0.4) is 0 Å². The quantitative estimate of drug-likeness (QED) is 0.507. The predicted molar refractivity (Wildman–Crippen MR) is 60.9 cm³/mol. The summed E-state index contributed by atoms with van der Waals surface area (Å²) in [6, 6.07) is 0. The van der Waals surface area contributed by atoms with E-state index in [1.807, 2.05) is 6.08 Å². The van der Waals surface area contributed by atoms with Crippen molar-refractivity contribution in [2.24, 2.45) is 23.2 Å². The first kappa shape index (κ1) is 9.89. The zero-order chi connectivity index (χ0) is 11.6. The van der Waals surface area contributed by atoms with Gasteiger partial charge >= 0.3 is 5.97 Å². The minimum Gasteiger partial charge on any atom is -0.457 e. The molecule has 1 N–H and O–H groups in total. The van der Waals surface area contributed by atoms with Gasteiger partial charge in [-0.2, -0.15) is 0 Å². The monoisotopic (exact) mass is 232 g/mol. The van der Waals surface area contributed by atoms with Gasteiger partial charge in [-0.3, -0.25) is 4.79 Å². The molecule has 90 valence electrons. The van der Waals surface area contributed by atoms with Crippen molar-refractivity contribution in [1.29, 1.82) is 0 Å². The van der Waals surface area contributed by atoms with Crippen LogP contribution in [0, 0.1) is 23.2 Å². The van der Waals surface area contributed by atoms with E-state index in [0.717, 1.165) is 12.8 Å². The van der Waals surface area contributed by atoms with Crippen molar-refractivity contribution in [3.8, 4) is 0 Å². The molecule has 4 rings (SSSR count). The number of hydrogen-bond donors (Lipinski definition) is 1. The van der Waals surface area contributed by atoms with E-state index in [1.165, 1.54) is 0 Å². The van der Waals surface area contributed by atoms with E-state index in [1.54, 1.807) is 0 Å². The average Bonchev–Trinajstić information content (AvgIpc) is 2.82. The molecule has 0 aromatic rings. The number of esters is 1. The second-order valence-corrected chi connectivity index (χ2v) is 5.78. The topological polar surface area (TPSA) is 46.5 Å². The zero-order valence-corrected chi connectivity index (χ0v) is 9.58. The average molecular weight is 232 g/mol. The summed E-state index contributed by atoms with van der Waals surface area (Å²) < 4.78 is 5.47. The van der Waals surface area contributed by atoms with Gasteiger partial charge < -0.3 is 9.84 Å². The van der Waals surface area contributed by atoms with Crippen LogP contribution in [0.2, 0.25) is 0 Å². The van der Waals surface area contributed by atoms with E-state index in [-0.39, 0.29) is 29.5 Å². The van der Waals surface area contributed by atoms with Crippen molar-refractivity contribution in [3.05, 3.63) is 24.3 Å². The first-order valence-corrected chi connectivity index (χ1v) is 6.46. The van der Waals surface area contributed by atoms with Gasteiger partial charge in [0, 0.05) is 17.8 Å². The summed E-state index contributed by atoms with van der Waals surface area (Å²) in [5.74, 6) is 1.03. The number of fused-ring (bicyclic) bond motifs is 3. The zero-order valence-electron chi connectivity index (χ0n) is 9.58. The summed E-state index contributed by atoms with van der Waals surface area (Å²) in [6.45, 7) is 0. The van der Waals surface area contributed by atoms with Crippen molar-refractivity contribution < 1.29 is 14.6 Å². The lowest BCUT2D eigenvalue weighted by atomic mass is 9.65. The maximum Gasteiger partial charge on any atom is 0.306 e. The third kappa shape index (κ3) is 0.998. The lowest BCUT2D eigenvalue weighted by molar-refractivity contribution is -0.173. The van der Waals surface area contributed by atoms with Gasteiger partial charge in [0.1, 0.15) is 6.10 Å². The summed E-state index contributed by atoms with van der Waals surface area (Å²) in [4.78, 5) is 11.4. The first-order chi connectivity index (χ1) is 8.23. The Labute approximate surface area is 100 Å². The van der Waals surface area contributed by atoms with Crippen LogP contribution in [0.5, 0.6) is 0 Å².